The van der Waals surface area contributed by atoms with Gasteiger partial charge in [-0.15, -0.1) is 0 Å². The summed E-state index contributed by atoms with van der Waals surface area (Å²) in [6.45, 7) is 7.56. The maximum Gasteiger partial charge on any atom is 0.234 e. The zero-order chi connectivity index (χ0) is 16.4. The van der Waals surface area contributed by atoms with Crippen molar-refractivity contribution in [2.24, 2.45) is 0 Å². The second-order valence-electron chi connectivity index (χ2n) is 5.61. The predicted molar refractivity (Wildman–Crippen MR) is 88.5 cm³/mol. The zero-order valence-electron chi connectivity index (χ0n) is 13.8. The molecule has 2 N–H and O–H groups in total. The molecule has 0 radical (unpaired) electrons. The van der Waals surface area contributed by atoms with Crippen LogP contribution in [0.4, 0.5) is 0 Å². The van der Waals surface area contributed by atoms with Gasteiger partial charge in [0, 0.05) is 12.6 Å². The zero-order valence-corrected chi connectivity index (χ0v) is 13.8. The molecule has 0 spiro atoms. The van der Waals surface area contributed by atoms with Crippen LogP contribution in [-0.4, -0.2) is 48.9 Å². The topological polar surface area (TPSA) is 61.4 Å². The lowest BCUT2D eigenvalue weighted by Crippen LogP contribution is -2.44. The Kier molecular flexibility index (Phi) is 8.22. The fourth-order valence-electron chi connectivity index (χ4n) is 2.10. The summed E-state index contributed by atoms with van der Waals surface area (Å²) < 4.78 is 0. The minimum atomic E-state index is -0.0473. The van der Waals surface area contributed by atoms with E-state index in [1.807, 2.05) is 56.0 Å². The van der Waals surface area contributed by atoms with Crippen LogP contribution in [0.2, 0.25) is 0 Å². The van der Waals surface area contributed by atoms with Gasteiger partial charge in [0.1, 0.15) is 0 Å². The lowest BCUT2D eigenvalue weighted by molar-refractivity contribution is -0.125. The fourth-order valence-corrected chi connectivity index (χ4v) is 2.10. The highest BCUT2D eigenvalue weighted by atomic mass is 16.2. The van der Waals surface area contributed by atoms with Gasteiger partial charge < -0.3 is 10.6 Å². The highest BCUT2D eigenvalue weighted by Gasteiger charge is 2.13. The number of hydrogen-bond acceptors (Lipinski definition) is 3. The molecule has 5 heteroatoms. The van der Waals surface area contributed by atoms with Crippen LogP contribution in [-0.2, 0) is 16.0 Å². The van der Waals surface area contributed by atoms with Gasteiger partial charge in [-0.25, -0.2) is 0 Å². The first-order valence-corrected chi connectivity index (χ1v) is 7.83. The Labute approximate surface area is 133 Å². The van der Waals surface area contributed by atoms with E-state index < -0.39 is 0 Å². The van der Waals surface area contributed by atoms with Crippen molar-refractivity contribution in [2.75, 3.05) is 26.2 Å². The first-order valence-electron chi connectivity index (χ1n) is 7.83. The van der Waals surface area contributed by atoms with Crippen LogP contribution < -0.4 is 10.6 Å². The second-order valence-corrected chi connectivity index (χ2v) is 5.61. The molecule has 0 aliphatic rings. The van der Waals surface area contributed by atoms with Gasteiger partial charge >= 0.3 is 0 Å². The summed E-state index contributed by atoms with van der Waals surface area (Å²) in [6.07, 6.45) is 0.812. The normalized spacial score (nSPS) is 10.8. The van der Waals surface area contributed by atoms with Crippen molar-refractivity contribution >= 4 is 11.8 Å². The molecule has 0 bridgehead atoms. The first kappa shape index (κ1) is 18.2. The van der Waals surface area contributed by atoms with Gasteiger partial charge in [-0.05, 0) is 32.4 Å². The van der Waals surface area contributed by atoms with Gasteiger partial charge in [0.25, 0.3) is 0 Å². The Morgan fingerprint density at radius 2 is 1.73 bits per heavy atom. The molecule has 122 valence electrons. The smallest absolute Gasteiger partial charge is 0.234 e. The van der Waals surface area contributed by atoms with Gasteiger partial charge in [-0.1, -0.05) is 37.3 Å². The van der Waals surface area contributed by atoms with Crippen LogP contribution >= 0.6 is 0 Å². The van der Waals surface area contributed by atoms with Crippen LogP contribution in [0, 0.1) is 0 Å². The Morgan fingerprint density at radius 1 is 1.09 bits per heavy atom. The summed E-state index contributed by atoms with van der Waals surface area (Å²) in [4.78, 5) is 25.5. The molecule has 0 fully saturated rings. The number of nitrogens with zero attached hydrogens (tertiary/aromatic N) is 1. The molecular formula is C17H27N3O2. The molecule has 2 amide bonds. The highest BCUT2D eigenvalue weighted by molar-refractivity contribution is 5.81. The SMILES string of the molecule is CCN(CC(=O)NCCc1ccccc1)CC(=O)NC(C)C. The van der Waals surface area contributed by atoms with E-state index in [1.54, 1.807) is 0 Å². The summed E-state index contributed by atoms with van der Waals surface area (Å²) in [5.74, 6) is -0.0935. The summed E-state index contributed by atoms with van der Waals surface area (Å²) in [6, 6.07) is 10.2. The molecule has 0 heterocycles. The van der Waals surface area contributed by atoms with E-state index in [4.69, 9.17) is 0 Å². The third-order valence-electron chi connectivity index (χ3n) is 3.21. The van der Waals surface area contributed by atoms with Crippen molar-refractivity contribution in [3.05, 3.63) is 35.9 Å². The minimum absolute atomic E-state index is 0.0462. The number of rotatable bonds is 9. The minimum Gasteiger partial charge on any atom is -0.355 e. The predicted octanol–water partition coefficient (Wildman–Crippen LogP) is 1.19. The standard InChI is InChI=1S/C17H27N3O2/c1-4-20(13-17(22)19-14(2)3)12-16(21)18-11-10-15-8-6-5-7-9-15/h5-9,14H,4,10-13H2,1-3H3,(H,18,21)(H,19,22). The van der Waals surface area contributed by atoms with Crippen molar-refractivity contribution in [1.29, 1.82) is 0 Å². The number of hydrogen-bond donors (Lipinski definition) is 2. The quantitative estimate of drug-likeness (QED) is 0.720. The largest absolute Gasteiger partial charge is 0.355 e. The number of benzene rings is 1. The molecule has 1 rings (SSSR count). The van der Waals surface area contributed by atoms with Crippen molar-refractivity contribution in [3.8, 4) is 0 Å². The van der Waals surface area contributed by atoms with Crippen LogP contribution in [0.15, 0.2) is 30.3 Å². The van der Waals surface area contributed by atoms with Crippen molar-refractivity contribution in [3.63, 3.8) is 0 Å². The average molecular weight is 305 g/mol. The average Bonchev–Trinajstić information content (AvgIpc) is 2.46. The van der Waals surface area contributed by atoms with Gasteiger partial charge in [0.15, 0.2) is 0 Å². The molecule has 0 aliphatic carbocycles. The van der Waals surface area contributed by atoms with Crippen molar-refractivity contribution in [2.45, 2.75) is 33.2 Å². The fraction of sp³-hybridized carbons (Fsp3) is 0.529. The first-order chi connectivity index (χ1) is 10.5. The molecule has 1 aromatic rings. The highest BCUT2D eigenvalue weighted by Crippen LogP contribution is 1.98. The lowest BCUT2D eigenvalue weighted by atomic mass is 10.1. The molecule has 0 aromatic heterocycles. The van der Waals surface area contributed by atoms with E-state index in [2.05, 4.69) is 10.6 Å². The van der Waals surface area contributed by atoms with Crippen LogP contribution in [0.3, 0.4) is 0 Å². The monoisotopic (exact) mass is 305 g/mol. The number of nitrogens with one attached hydrogen (secondary N) is 2. The summed E-state index contributed by atoms with van der Waals surface area (Å²) in [5.41, 5.74) is 1.20. The molecule has 0 unspecified atom stereocenters. The Hall–Kier alpha value is -1.88. The van der Waals surface area contributed by atoms with Gasteiger partial charge in [0.2, 0.25) is 11.8 Å². The molecule has 0 aliphatic heterocycles. The van der Waals surface area contributed by atoms with Gasteiger partial charge in [0.05, 0.1) is 13.1 Å². The third-order valence-corrected chi connectivity index (χ3v) is 3.21. The number of amides is 2. The van der Waals surface area contributed by atoms with E-state index in [-0.39, 0.29) is 30.9 Å². The van der Waals surface area contributed by atoms with Crippen LogP contribution in [0.1, 0.15) is 26.3 Å². The Morgan fingerprint density at radius 3 is 2.32 bits per heavy atom. The van der Waals surface area contributed by atoms with Gasteiger partial charge in [-0.2, -0.15) is 0 Å². The Bertz CT molecular complexity index is 460. The molecule has 0 saturated carbocycles. The van der Waals surface area contributed by atoms with Crippen molar-refractivity contribution < 1.29 is 9.59 Å². The van der Waals surface area contributed by atoms with Crippen molar-refractivity contribution in [1.82, 2.24) is 15.5 Å². The van der Waals surface area contributed by atoms with E-state index in [0.29, 0.717) is 13.1 Å². The maximum absolute atomic E-state index is 11.9. The van der Waals surface area contributed by atoms with E-state index in [0.717, 1.165) is 6.42 Å². The molecular weight excluding hydrogens is 278 g/mol. The molecule has 5 nitrogen and oxygen atoms in total. The number of likely N-dealkylation sites (N-methyl/N-ethyl adjacent to an activating group) is 1. The second kappa shape index (κ2) is 9.95. The van der Waals surface area contributed by atoms with E-state index >= 15 is 0 Å². The molecule has 22 heavy (non-hydrogen) atoms. The third kappa shape index (κ3) is 7.78. The van der Waals surface area contributed by atoms with Crippen LogP contribution in [0.25, 0.3) is 0 Å². The number of carbonyl (C=O) groups excluding carboxylic acids is 2. The van der Waals surface area contributed by atoms with Gasteiger partial charge in [-0.3, -0.25) is 14.5 Å². The maximum atomic E-state index is 11.9. The summed E-state index contributed by atoms with van der Waals surface area (Å²) in [7, 11) is 0. The Balaban J connectivity index is 2.28. The number of carbonyl (C=O) groups is 2. The molecule has 0 atom stereocenters. The summed E-state index contributed by atoms with van der Waals surface area (Å²) >= 11 is 0. The molecule has 1 aromatic carbocycles. The van der Waals surface area contributed by atoms with E-state index in [1.165, 1.54) is 5.56 Å². The van der Waals surface area contributed by atoms with E-state index in [9.17, 15) is 9.59 Å². The lowest BCUT2D eigenvalue weighted by Gasteiger charge is -2.20. The summed E-state index contributed by atoms with van der Waals surface area (Å²) in [5, 5.41) is 5.73. The molecule has 0 saturated heterocycles. The van der Waals surface area contributed by atoms with Crippen LogP contribution in [0.5, 0.6) is 0 Å².